The van der Waals surface area contributed by atoms with Gasteiger partial charge in [-0.2, -0.15) is 0 Å². The van der Waals surface area contributed by atoms with Gasteiger partial charge in [0.15, 0.2) is 4.34 Å². The molecule has 2 aromatic heterocycles. The number of rotatable bonds is 7. The first kappa shape index (κ1) is 20.6. The lowest BCUT2D eigenvalue weighted by atomic mass is 10.2. The normalized spacial score (nSPS) is 12.0. The lowest BCUT2D eigenvalue weighted by Gasteiger charge is -2.07. The van der Waals surface area contributed by atoms with Crippen molar-refractivity contribution in [2.75, 3.05) is 12.4 Å². The smallest absolute Gasteiger partial charge is 0.247 e. The highest BCUT2D eigenvalue weighted by molar-refractivity contribution is 8.01. The summed E-state index contributed by atoms with van der Waals surface area (Å²) in [6.45, 7) is 3.95. The molecule has 4 rings (SSSR count). The molecule has 1 atom stereocenters. The van der Waals surface area contributed by atoms with Crippen molar-refractivity contribution in [1.82, 2.24) is 20.4 Å². The van der Waals surface area contributed by atoms with E-state index in [4.69, 9.17) is 20.8 Å². The maximum absolute atomic E-state index is 6.18. The van der Waals surface area contributed by atoms with Gasteiger partial charge >= 0.3 is 0 Å². The summed E-state index contributed by atoms with van der Waals surface area (Å²) in [5.41, 5.74) is 2.71. The van der Waals surface area contributed by atoms with E-state index >= 15 is 0 Å². The fraction of sp³-hybridized carbons (Fsp3) is 0.200. The monoisotopic (exact) mass is 459 g/mol. The zero-order valence-electron chi connectivity index (χ0n) is 16.4. The van der Waals surface area contributed by atoms with E-state index in [1.54, 1.807) is 7.11 Å². The number of hydrogen-bond donors (Lipinski definition) is 1. The topological polar surface area (TPSA) is 86.0 Å². The Morgan fingerprint density at radius 3 is 2.67 bits per heavy atom. The van der Waals surface area contributed by atoms with Gasteiger partial charge in [-0.05, 0) is 55.8 Å². The van der Waals surface area contributed by atoms with Crippen molar-refractivity contribution in [3.63, 3.8) is 0 Å². The quantitative estimate of drug-likeness (QED) is 0.329. The SMILES string of the molecule is COc1ccc(-c2nnc(C(C)Sc3nnc(Nc4cccc(Cl)c4C)s3)o2)cc1. The summed E-state index contributed by atoms with van der Waals surface area (Å²) in [6.07, 6.45) is 0. The van der Waals surface area contributed by atoms with Gasteiger partial charge in [-0.25, -0.2) is 0 Å². The summed E-state index contributed by atoms with van der Waals surface area (Å²) in [6, 6.07) is 13.2. The summed E-state index contributed by atoms with van der Waals surface area (Å²) in [4.78, 5) is 0. The van der Waals surface area contributed by atoms with Gasteiger partial charge in [0.05, 0.1) is 12.4 Å². The molecule has 0 bridgehead atoms. The van der Waals surface area contributed by atoms with Crippen molar-refractivity contribution in [3.05, 3.63) is 58.9 Å². The summed E-state index contributed by atoms with van der Waals surface area (Å²) < 4.78 is 11.8. The molecular formula is C20H18ClN5O2S2. The van der Waals surface area contributed by atoms with Crippen molar-refractivity contribution in [2.45, 2.75) is 23.4 Å². The van der Waals surface area contributed by atoms with E-state index in [2.05, 4.69) is 25.7 Å². The van der Waals surface area contributed by atoms with Crippen LogP contribution in [0.1, 0.15) is 23.6 Å². The van der Waals surface area contributed by atoms with Crippen LogP contribution in [0.5, 0.6) is 5.75 Å². The minimum absolute atomic E-state index is 0.0711. The van der Waals surface area contributed by atoms with Crippen LogP contribution < -0.4 is 10.1 Å². The number of benzene rings is 2. The van der Waals surface area contributed by atoms with Gasteiger partial charge in [0.25, 0.3) is 0 Å². The first-order valence-electron chi connectivity index (χ1n) is 9.03. The van der Waals surface area contributed by atoms with Gasteiger partial charge in [0, 0.05) is 16.3 Å². The lowest BCUT2D eigenvalue weighted by Crippen LogP contribution is -1.92. The molecule has 0 aliphatic heterocycles. The zero-order valence-corrected chi connectivity index (χ0v) is 18.8. The number of nitrogens with zero attached hydrogens (tertiary/aromatic N) is 4. The Kier molecular flexibility index (Phi) is 6.21. The van der Waals surface area contributed by atoms with Crippen LogP contribution in [0.2, 0.25) is 5.02 Å². The molecule has 1 unspecified atom stereocenters. The van der Waals surface area contributed by atoms with Crippen LogP contribution >= 0.6 is 34.7 Å². The Labute approximate surface area is 186 Å². The van der Waals surface area contributed by atoms with Crippen molar-refractivity contribution < 1.29 is 9.15 Å². The predicted octanol–water partition coefficient (Wildman–Crippen LogP) is 6.16. The molecule has 0 spiro atoms. The van der Waals surface area contributed by atoms with Crippen molar-refractivity contribution in [3.8, 4) is 17.2 Å². The first-order chi connectivity index (χ1) is 14.5. The molecule has 2 heterocycles. The van der Waals surface area contributed by atoms with Crippen LogP contribution in [0.15, 0.2) is 51.2 Å². The molecule has 2 aromatic carbocycles. The molecule has 0 fully saturated rings. The van der Waals surface area contributed by atoms with Crippen LogP contribution in [0.4, 0.5) is 10.8 Å². The van der Waals surface area contributed by atoms with Crippen molar-refractivity contribution in [2.24, 2.45) is 0 Å². The second-order valence-electron chi connectivity index (χ2n) is 6.34. The maximum atomic E-state index is 6.18. The van der Waals surface area contributed by atoms with E-state index in [0.29, 0.717) is 21.9 Å². The van der Waals surface area contributed by atoms with Crippen LogP contribution in [0.25, 0.3) is 11.5 Å². The molecule has 7 nitrogen and oxygen atoms in total. The molecule has 30 heavy (non-hydrogen) atoms. The van der Waals surface area contributed by atoms with Gasteiger partial charge in [-0.3, -0.25) is 0 Å². The van der Waals surface area contributed by atoms with E-state index < -0.39 is 0 Å². The standard InChI is InChI=1S/C20H18ClN5O2S2/c1-11-15(21)5-4-6-16(11)22-19-25-26-20(30-19)29-12(2)17-23-24-18(28-17)13-7-9-14(27-3)10-8-13/h4-10,12H,1-3H3,(H,22,25). The third-order valence-electron chi connectivity index (χ3n) is 4.32. The Morgan fingerprint density at radius 2 is 1.90 bits per heavy atom. The summed E-state index contributed by atoms with van der Waals surface area (Å²) in [5.74, 6) is 1.77. The number of halogens is 1. The van der Waals surface area contributed by atoms with E-state index in [1.165, 1.54) is 23.1 Å². The molecule has 0 amide bonds. The average molecular weight is 460 g/mol. The first-order valence-corrected chi connectivity index (χ1v) is 11.1. The number of methoxy groups -OCH3 is 1. The summed E-state index contributed by atoms with van der Waals surface area (Å²) >= 11 is 9.14. The number of aromatic nitrogens is 4. The maximum Gasteiger partial charge on any atom is 0.247 e. The number of anilines is 2. The second-order valence-corrected chi connectivity index (χ2v) is 9.32. The van der Waals surface area contributed by atoms with Crippen LogP contribution in [-0.4, -0.2) is 27.5 Å². The van der Waals surface area contributed by atoms with Gasteiger partial charge in [0.1, 0.15) is 5.75 Å². The molecule has 10 heteroatoms. The molecule has 154 valence electrons. The Hall–Kier alpha value is -2.62. The highest BCUT2D eigenvalue weighted by Gasteiger charge is 2.19. The van der Waals surface area contributed by atoms with Gasteiger partial charge < -0.3 is 14.5 Å². The number of ether oxygens (including phenoxy) is 1. The largest absolute Gasteiger partial charge is 0.497 e. The molecule has 0 aliphatic rings. The highest BCUT2D eigenvalue weighted by Crippen LogP contribution is 2.38. The minimum Gasteiger partial charge on any atom is -0.497 e. The third kappa shape index (κ3) is 4.58. The highest BCUT2D eigenvalue weighted by atomic mass is 35.5. The van der Waals surface area contributed by atoms with Crippen molar-refractivity contribution in [1.29, 1.82) is 0 Å². The molecule has 0 saturated heterocycles. The molecule has 1 N–H and O–H groups in total. The van der Waals surface area contributed by atoms with Crippen molar-refractivity contribution >= 4 is 45.5 Å². The van der Waals surface area contributed by atoms with E-state index in [-0.39, 0.29) is 5.25 Å². The molecular weight excluding hydrogens is 442 g/mol. The Balaban J connectivity index is 1.42. The minimum atomic E-state index is -0.0711. The van der Waals surface area contributed by atoms with Gasteiger partial charge in [-0.15, -0.1) is 20.4 Å². The predicted molar refractivity (Wildman–Crippen MR) is 120 cm³/mol. The fourth-order valence-electron chi connectivity index (χ4n) is 2.62. The van der Waals surface area contributed by atoms with Crippen LogP contribution in [0.3, 0.4) is 0 Å². The fourth-order valence-corrected chi connectivity index (χ4v) is 4.73. The summed E-state index contributed by atoms with van der Waals surface area (Å²) in [5, 5.41) is 21.4. The van der Waals surface area contributed by atoms with Gasteiger partial charge in [-0.1, -0.05) is 40.8 Å². The number of thioether (sulfide) groups is 1. The average Bonchev–Trinajstić information content (AvgIpc) is 3.41. The molecule has 0 radical (unpaired) electrons. The van der Waals surface area contributed by atoms with E-state index in [9.17, 15) is 0 Å². The lowest BCUT2D eigenvalue weighted by molar-refractivity contribution is 0.415. The molecule has 4 aromatic rings. The van der Waals surface area contributed by atoms with Gasteiger partial charge in [0.2, 0.25) is 16.9 Å². The molecule has 0 saturated carbocycles. The Morgan fingerprint density at radius 1 is 1.10 bits per heavy atom. The zero-order chi connectivity index (χ0) is 21.1. The number of nitrogens with one attached hydrogen (secondary N) is 1. The molecule has 0 aliphatic carbocycles. The third-order valence-corrected chi connectivity index (χ3v) is 6.74. The van der Waals surface area contributed by atoms with Crippen LogP contribution in [-0.2, 0) is 0 Å². The van der Waals surface area contributed by atoms with E-state index in [1.807, 2.05) is 56.3 Å². The summed E-state index contributed by atoms with van der Waals surface area (Å²) in [7, 11) is 1.63. The number of hydrogen-bond acceptors (Lipinski definition) is 9. The van der Waals surface area contributed by atoms with E-state index in [0.717, 1.165) is 26.9 Å². The van der Waals surface area contributed by atoms with Crippen LogP contribution in [0, 0.1) is 6.92 Å². The Bertz CT molecular complexity index is 1150. The second kappa shape index (κ2) is 9.03.